The van der Waals surface area contributed by atoms with Gasteiger partial charge in [0, 0.05) is 24.0 Å². The van der Waals surface area contributed by atoms with Crippen LogP contribution in [0.3, 0.4) is 0 Å². The van der Waals surface area contributed by atoms with Crippen molar-refractivity contribution in [1.82, 2.24) is 0 Å². The molecule has 1 aromatic rings. The van der Waals surface area contributed by atoms with E-state index in [2.05, 4.69) is 48.0 Å². The van der Waals surface area contributed by atoms with E-state index in [0.29, 0.717) is 0 Å². The van der Waals surface area contributed by atoms with Crippen LogP contribution in [-0.4, -0.2) is 25.2 Å². The molecular formula is C15H21BrO2. The molecule has 1 heterocycles. The Hall–Kier alpha value is -0.540. The van der Waals surface area contributed by atoms with Crippen LogP contribution < -0.4 is 4.74 Å². The van der Waals surface area contributed by atoms with Crippen LogP contribution in [0.1, 0.15) is 24.0 Å². The predicted octanol–water partition coefficient (Wildman–Crippen LogP) is 3.87. The second-order valence-corrected chi connectivity index (χ2v) is 5.79. The minimum Gasteiger partial charge on any atom is -0.493 e. The van der Waals surface area contributed by atoms with Crippen LogP contribution in [0.5, 0.6) is 5.75 Å². The highest BCUT2D eigenvalue weighted by Gasteiger charge is 2.32. The first-order valence-corrected chi connectivity index (χ1v) is 7.62. The van der Waals surface area contributed by atoms with Gasteiger partial charge in [-0.3, -0.25) is 0 Å². The van der Waals surface area contributed by atoms with Crippen molar-refractivity contribution in [3.8, 4) is 5.75 Å². The third-order valence-corrected chi connectivity index (χ3v) is 5.12. The highest BCUT2D eigenvalue weighted by Crippen LogP contribution is 2.34. The third-order valence-electron chi connectivity index (χ3n) is 3.93. The fourth-order valence-electron chi connectivity index (χ4n) is 2.23. The van der Waals surface area contributed by atoms with Crippen LogP contribution in [0.4, 0.5) is 0 Å². The molecule has 0 bridgehead atoms. The lowest BCUT2D eigenvalue weighted by molar-refractivity contribution is 0.00342. The van der Waals surface area contributed by atoms with Gasteiger partial charge in [-0.05, 0) is 43.9 Å². The normalized spacial score (nSPS) is 18.6. The van der Waals surface area contributed by atoms with E-state index in [0.717, 1.165) is 43.7 Å². The molecule has 1 aromatic carbocycles. The molecule has 0 radical (unpaired) electrons. The second kappa shape index (κ2) is 6.07. The lowest BCUT2D eigenvalue weighted by Crippen LogP contribution is -2.36. The predicted molar refractivity (Wildman–Crippen MR) is 77.7 cm³/mol. The highest BCUT2D eigenvalue weighted by atomic mass is 79.9. The van der Waals surface area contributed by atoms with Crippen LogP contribution in [0.2, 0.25) is 0 Å². The highest BCUT2D eigenvalue weighted by molar-refractivity contribution is 9.09. The summed E-state index contributed by atoms with van der Waals surface area (Å²) in [6, 6.07) is 6.24. The summed E-state index contributed by atoms with van der Waals surface area (Å²) in [6.45, 7) is 6.71. The SMILES string of the molecule is Cc1cccc(OCC2(CBr)CCOCC2)c1C. The lowest BCUT2D eigenvalue weighted by Gasteiger charge is -2.35. The van der Waals surface area contributed by atoms with E-state index >= 15 is 0 Å². The Morgan fingerprint density at radius 3 is 2.67 bits per heavy atom. The van der Waals surface area contributed by atoms with Crippen molar-refractivity contribution in [2.24, 2.45) is 5.41 Å². The van der Waals surface area contributed by atoms with E-state index in [9.17, 15) is 0 Å². The minimum atomic E-state index is 0.231. The zero-order chi connectivity index (χ0) is 13.0. The Kier molecular flexibility index (Phi) is 4.68. The summed E-state index contributed by atoms with van der Waals surface area (Å²) in [5.41, 5.74) is 2.76. The molecule has 1 fully saturated rings. The summed E-state index contributed by atoms with van der Waals surface area (Å²) in [6.07, 6.45) is 2.15. The molecule has 0 saturated carbocycles. The molecule has 0 unspecified atom stereocenters. The molecule has 1 saturated heterocycles. The van der Waals surface area contributed by atoms with Gasteiger partial charge < -0.3 is 9.47 Å². The zero-order valence-corrected chi connectivity index (χ0v) is 12.8. The molecule has 0 N–H and O–H groups in total. The number of hydrogen-bond acceptors (Lipinski definition) is 2. The van der Waals surface area contributed by atoms with Gasteiger partial charge in [0.2, 0.25) is 0 Å². The molecule has 0 amide bonds. The van der Waals surface area contributed by atoms with E-state index in [-0.39, 0.29) is 5.41 Å². The average molecular weight is 313 g/mol. The van der Waals surface area contributed by atoms with E-state index < -0.39 is 0 Å². The Balaban J connectivity index is 2.03. The Labute approximate surface area is 118 Å². The van der Waals surface area contributed by atoms with E-state index in [1.54, 1.807) is 0 Å². The monoisotopic (exact) mass is 312 g/mol. The van der Waals surface area contributed by atoms with Gasteiger partial charge in [-0.15, -0.1) is 0 Å². The molecule has 3 heteroatoms. The van der Waals surface area contributed by atoms with E-state index in [4.69, 9.17) is 9.47 Å². The summed E-state index contributed by atoms with van der Waals surface area (Å²) in [4.78, 5) is 0. The average Bonchev–Trinajstić information content (AvgIpc) is 2.41. The molecular weight excluding hydrogens is 292 g/mol. The Bertz CT molecular complexity index is 397. The molecule has 2 nitrogen and oxygen atoms in total. The largest absolute Gasteiger partial charge is 0.493 e. The molecule has 0 spiro atoms. The van der Waals surface area contributed by atoms with Crippen molar-refractivity contribution in [3.63, 3.8) is 0 Å². The first kappa shape index (κ1) is 13.9. The Morgan fingerprint density at radius 1 is 1.28 bits per heavy atom. The molecule has 0 aromatic heterocycles. The quantitative estimate of drug-likeness (QED) is 0.786. The topological polar surface area (TPSA) is 18.5 Å². The van der Waals surface area contributed by atoms with E-state index in [1.807, 2.05) is 0 Å². The van der Waals surface area contributed by atoms with Gasteiger partial charge in [0.1, 0.15) is 5.75 Å². The van der Waals surface area contributed by atoms with Crippen molar-refractivity contribution in [2.45, 2.75) is 26.7 Å². The first-order valence-electron chi connectivity index (χ1n) is 6.50. The van der Waals surface area contributed by atoms with Crippen LogP contribution >= 0.6 is 15.9 Å². The smallest absolute Gasteiger partial charge is 0.122 e. The number of ether oxygens (including phenoxy) is 2. The van der Waals surface area contributed by atoms with Gasteiger partial charge in [0.15, 0.2) is 0 Å². The van der Waals surface area contributed by atoms with Gasteiger partial charge in [0.05, 0.1) is 6.61 Å². The maximum absolute atomic E-state index is 6.07. The number of hydrogen-bond donors (Lipinski definition) is 0. The Morgan fingerprint density at radius 2 is 2.00 bits per heavy atom. The summed E-state index contributed by atoms with van der Waals surface area (Å²) in [5.74, 6) is 1.02. The molecule has 2 rings (SSSR count). The summed E-state index contributed by atoms with van der Waals surface area (Å²) in [5, 5.41) is 0.980. The molecule has 100 valence electrons. The van der Waals surface area contributed by atoms with Crippen molar-refractivity contribution in [3.05, 3.63) is 29.3 Å². The number of rotatable bonds is 4. The summed E-state index contributed by atoms with van der Waals surface area (Å²) in [7, 11) is 0. The maximum Gasteiger partial charge on any atom is 0.122 e. The minimum absolute atomic E-state index is 0.231. The summed E-state index contributed by atoms with van der Waals surface area (Å²) < 4.78 is 11.5. The van der Waals surface area contributed by atoms with Gasteiger partial charge in [-0.1, -0.05) is 28.1 Å². The molecule has 1 aliphatic rings. The number of halogens is 1. The molecule has 0 atom stereocenters. The van der Waals surface area contributed by atoms with Crippen molar-refractivity contribution in [2.75, 3.05) is 25.2 Å². The van der Waals surface area contributed by atoms with Crippen molar-refractivity contribution < 1.29 is 9.47 Å². The van der Waals surface area contributed by atoms with Gasteiger partial charge in [-0.2, -0.15) is 0 Å². The van der Waals surface area contributed by atoms with Gasteiger partial charge in [0.25, 0.3) is 0 Å². The van der Waals surface area contributed by atoms with Crippen LogP contribution in [0.15, 0.2) is 18.2 Å². The van der Waals surface area contributed by atoms with Crippen LogP contribution in [0.25, 0.3) is 0 Å². The van der Waals surface area contributed by atoms with Crippen molar-refractivity contribution >= 4 is 15.9 Å². The molecule has 18 heavy (non-hydrogen) atoms. The maximum atomic E-state index is 6.07. The summed E-state index contributed by atoms with van der Waals surface area (Å²) >= 11 is 3.64. The fraction of sp³-hybridized carbons (Fsp3) is 0.600. The van der Waals surface area contributed by atoms with Crippen LogP contribution in [0, 0.1) is 19.3 Å². The lowest BCUT2D eigenvalue weighted by atomic mass is 9.83. The number of aryl methyl sites for hydroxylation is 1. The van der Waals surface area contributed by atoms with Crippen molar-refractivity contribution in [1.29, 1.82) is 0 Å². The van der Waals surface area contributed by atoms with Gasteiger partial charge >= 0.3 is 0 Å². The molecule has 0 aliphatic carbocycles. The van der Waals surface area contributed by atoms with Crippen LogP contribution in [-0.2, 0) is 4.74 Å². The van der Waals surface area contributed by atoms with E-state index in [1.165, 1.54) is 11.1 Å². The number of alkyl halides is 1. The number of benzene rings is 1. The second-order valence-electron chi connectivity index (χ2n) is 5.23. The fourth-order valence-corrected chi connectivity index (χ4v) is 2.95. The molecule has 1 aliphatic heterocycles. The first-order chi connectivity index (χ1) is 8.67. The third kappa shape index (κ3) is 3.07. The standard InChI is InChI=1S/C15H21BrO2/c1-12-4-3-5-14(13(12)2)18-11-15(10-16)6-8-17-9-7-15/h3-5H,6-11H2,1-2H3. The zero-order valence-electron chi connectivity index (χ0n) is 11.2. The van der Waals surface area contributed by atoms with Gasteiger partial charge in [-0.25, -0.2) is 0 Å².